The highest BCUT2D eigenvalue weighted by molar-refractivity contribution is 5.93. The van der Waals surface area contributed by atoms with Crippen LogP contribution in [0.15, 0.2) is 54.9 Å². The third-order valence-electron chi connectivity index (χ3n) is 4.61. The first kappa shape index (κ1) is 19.5. The molecule has 0 atom stereocenters. The van der Waals surface area contributed by atoms with Crippen molar-refractivity contribution in [3.8, 4) is 0 Å². The number of aryl methyl sites for hydroxylation is 2. The van der Waals surface area contributed by atoms with Crippen LogP contribution in [0.1, 0.15) is 52.4 Å². The van der Waals surface area contributed by atoms with E-state index in [1.165, 1.54) is 11.1 Å². The Morgan fingerprint density at radius 2 is 1.75 bits per heavy atom. The van der Waals surface area contributed by atoms with Crippen LogP contribution in [0, 0.1) is 13.8 Å². The van der Waals surface area contributed by atoms with Gasteiger partial charge in [-0.2, -0.15) is 0 Å². The molecule has 2 N–H and O–H groups in total. The quantitative estimate of drug-likeness (QED) is 0.645. The molecule has 0 radical (unpaired) electrons. The van der Waals surface area contributed by atoms with Crippen molar-refractivity contribution in [3.05, 3.63) is 82.7 Å². The Labute approximate surface area is 166 Å². The number of carbonyl (C=O) groups is 1. The first-order valence-corrected chi connectivity index (χ1v) is 9.46. The minimum Gasteiger partial charge on any atom is -0.348 e. The first-order chi connectivity index (χ1) is 13.4. The maximum Gasteiger partial charge on any atom is 0.254 e. The maximum atomic E-state index is 12.4. The minimum absolute atomic E-state index is 0.188. The Kier molecular flexibility index (Phi) is 6.04. The van der Waals surface area contributed by atoms with Gasteiger partial charge in [-0.15, -0.1) is 0 Å². The molecule has 1 amide bonds. The van der Waals surface area contributed by atoms with Gasteiger partial charge in [0.05, 0.1) is 5.56 Å². The molecule has 0 aliphatic carbocycles. The van der Waals surface area contributed by atoms with Crippen molar-refractivity contribution in [2.45, 2.75) is 40.2 Å². The zero-order chi connectivity index (χ0) is 20.1. The number of nitrogens with zero attached hydrogens (tertiary/aromatic N) is 2. The van der Waals surface area contributed by atoms with Gasteiger partial charge >= 0.3 is 0 Å². The third kappa shape index (κ3) is 4.74. The number of nitrogens with one attached hydrogen (secondary N) is 2. The zero-order valence-electron chi connectivity index (χ0n) is 16.8. The molecule has 3 rings (SSSR count). The van der Waals surface area contributed by atoms with Crippen molar-refractivity contribution in [1.29, 1.82) is 0 Å². The lowest BCUT2D eigenvalue weighted by molar-refractivity contribution is 0.0950. The molecule has 3 aromatic rings. The van der Waals surface area contributed by atoms with E-state index in [1.54, 1.807) is 12.4 Å². The zero-order valence-corrected chi connectivity index (χ0v) is 16.8. The Balaban J connectivity index is 1.68. The fourth-order valence-corrected chi connectivity index (χ4v) is 3.07. The molecular formula is C23H26N4O. The van der Waals surface area contributed by atoms with Crippen LogP contribution in [0.4, 0.5) is 11.6 Å². The summed E-state index contributed by atoms with van der Waals surface area (Å²) in [7, 11) is 0. The highest BCUT2D eigenvalue weighted by Crippen LogP contribution is 2.29. The summed E-state index contributed by atoms with van der Waals surface area (Å²) < 4.78 is 0. The Morgan fingerprint density at radius 3 is 2.43 bits per heavy atom. The number of rotatable bonds is 6. The molecule has 0 spiro atoms. The predicted octanol–water partition coefficient (Wildman–Crippen LogP) is 4.89. The van der Waals surface area contributed by atoms with Crippen LogP contribution in [0.3, 0.4) is 0 Å². The van der Waals surface area contributed by atoms with Crippen LogP contribution < -0.4 is 10.6 Å². The van der Waals surface area contributed by atoms with Gasteiger partial charge in [0.2, 0.25) is 5.95 Å². The lowest BCUT2D eigenvalue weighted by Crippen LogP contribution is -2.23. The molecule has 0 unspecified atom stereocenters. The summed E-state index contributed by atoms with van der Waals surface area (Å²) in [6, 6.07) is 14.3. The van der Waals surface area contributed by atoms with E-state index in [0.29, 0.717) is 24.0 Å². The van der Waals surface area contributed by atoms with Crippen LogP contribution in [-0.4, -0.2) is 15.9 Å². The van der Waals surface area contributed by atoms with Gasteiger partial charge in [-0.05, 0) is 36.5 Å². The largest absolute Gasteiger partial charge is 0.348 e. The molecule has 0 saturated heterocycles. The monoisotopic (exact) mass is 374 g/mol. The van der Waals surface area contributed by atoms with Gasteiger partial charge in [0, 0.05) is 24.6 Å². The summed E-state index contributed by atoms with van der Waals surface area (Å²) in [5, 5.41) is 6.20. The molecule has 0 fully saturated rings. The number of amides is 1. The Morgan fingerprint density at radius 1 is 1.04 bits per heavy atom. The third-order valence-corrected chi connectivity index (χ3v) is 4.61. The van der Waals surface area contributed by atoms with E-state index < -0.39 is 0 Å². The van der Waals surface area contributed by atoms with E-state index in [9.17, 15) is 4.79 Å². The Bertz CT molecular complexity index is 965. The smallest absolute Gasteiger partial charge is 0.254 e. The highest BCUT2D eigenvalue weighted by atomic mass is 16.1. The van der Waals surface area contributed by atoms with Crippen LogP contribution in [0.2, 0.25) is 0 Å². The molecule has 0 bridgehead atoms. The van der Waals surface area contributed by atoms with Gasteiger partial charge in [-0.3, -0.25) is 4.79 Å². The number of para-hydroxylation sites is 1. The average Bonchev–Trinajstić information content (AvgIpc) is 2.68. The van der Waals surface area contributed by atoms with Gasteiger partial charge in [0.25, 0.3) is 5.91 Å². The lowest BCUT2D eigenvalue weighted by Gasteiger charge is -2.16. The summed E-state index contributed by atoms with van der Waals surface area (Å²) >= 11 is 0. The molecule has 5 nitrogen and oxygen atoms in total. The molecule has 5 heteroatoms. The summed E-state index contributed by atoms with van der Waals surface area (Å²) in [4.78, 5) is 21.0. The van der Waals surface area contributed by atoms with E-state index >= 15 is 0 Å². The second-order valence-corrected chi connectivity index (χ2v) is 7.29. The van der Waals surface area contributed by atoms with Gasteiger partial charge in [0.1, 0.15) is 0 Å². The van der Waals surface area contributed by atoms with E-state index in [0.717, 1.165) is 16.8 Å². The minimum atomic E-state index is -0.188. The van der Waals surface area contributed by atoms with Gasteiger partial charge in [0.15, 0.2) is 0 Å². The van der Waals surface area contributed by atoms with E-state index in [4.69, 9.17) is 0 Å². The van der Waals surface area contributed by atoms with Crippen LogP contribution in [-0.2, 0) is 6.54 Å². The second kappa shape index (κ2) is 8.65. The molecule has 28 heavy (non-hydrogen) atoms. The van der Waals surface area contributed by atoms with Crippen LogP contribution in [0.25, 0.3) is 0 Å². The molecule has 0 saturated carbocycles. The number of hydrogen-bond donors (Lipinski definition) is 2. The van der Waals surface area contributed by atoms with Gasteiger partial charge in [-0.1, -0.05) is 61.9 Å². The SMILES string of the molecule is Cc1cccc(CNC(=O)c2cnc(Nc3c(C)cccc3C(C)C)nc2)c1. The number of anilines is 2. The predicted molar refractivity (Wildman–Crippen MR) is 113 cm³/mol. The van der Waals surface area contributed by atoms with Crippen molar-refractivity contribution in [2.24, 2.45) is 0 Å². The van der Waals surface area contributed by atoms with Gasteiger partial charge < -0.3 is 10.6 Å². The molecule has 1 heterocycles. The Hall–Kier alpha value is -3.21. The summed E-state index contributed by atoms with van der Waals surface area (Å²) in [5.74, 6) is 0.673. The molecule has 1 aromatic heterocycles. The molecule has 0 aliphatic heterocycles. The number of carbonyl (C=O) groups excluding carboxylic acids is 1. The molecule has 144 valence electrons. The highest BCUT2D eigenvalue weighted by Gasteiger charge is 2.12. The van der Waals surface area contributed by atoms with E-state index in [-0.39, 0.29) is 5.91 Å². The van der Waals surface area contributed by atoms with Crippen molar-refractivity contribution in [2.75, 3.05) is 5.32 Å². The maximum absolute atomic E-state index is 12.4. The fraction of sp³-hybridized carbons (Fsp3) is 0.261. The van der Waals surface area contributed by atoms with Crippen LogP contribution in [0.5, 0.6) is 0 Å². The van der Waals surface area contributed by atoms with Crippen molar-refractivity contribution in [1.82, 2.24) is 15.3 Å². The van der Waals surface area contributed by atoms with Gasteiger partial charge in [-0.25, -0.2) is 9.97 Å². The lowest BCUT2D eigenvalue weighted by atomic mass is 9.98. The van der Waals surface area contributed by atoms with Crippen molar-refractivity contribution >= 4 is 17.5 Å². The summed E-state index contributed by atoms with van der Waals surface area (Å²) in [6.07, 6.45) is 3.10. The molecular weight excluding hydrogens is 348 g/mol. The fourth-order valence-electron chi connectivity index (χ4n) is 3.07. The number of hydrogen-bond acceptors (Lipinski definition) is 4. The van der Waals surface area contributed by atoms with E-state index in [1.807, 2.05) is 25.1 Å². The number of benzene rings is 2. The van der Waals surface area contributed by atoms with Crippen molar-refractivity contribution < 1.29 is 4.79 Å². The topological polar surface area (TPSA) is 66.9 Å². The number of aromatic nitrogens is 2. The van der Waals surface area contributed by atoms with Crippen molar-refractivity contribution in [3.63, 3.8) is 0 Å². The average molecular weight is 374 g/mol. The van der Waals surface area contributed by atoms with E-state index in [2.05, 4.69) is 65.6 Å². The molecule has 2 aromatic carbocycles. The van der Waals surface area contributed by atoms with Crippen LogP contribution >= 0.6 is 0 Å². The summed E-state index contributed by atoms with van der Waals surface area (Å²) in [6.45, 7) is 8.87. The summed E-state index contributed by atoms with van der Waals surface area (Å²) in [5.41, 5.74) is 6.04. The first-order valence-electron chi connectivity index (χ1n) is 9.46. The molecule has 0 aliphatic rings. The second-order valence-electron chi connectivity index (χ2n) is 7.29. The normalized spacial score (nSPS) is 10.8. The standard InChI is InChI=1S/C23H26N4O/c1-15(2)20-10-6-8-17(4)21(20)27-23-25-13-19(14-26-23)22(28)24-12-18-9-5-7-16(3)11-18/h5-11,13-15H,12H2,1-4H3,(H,24,28)(H,25,26,27).